The van der Waals surface area contributed by atoms with E-state index in [1.54, 1.807) is 0 Å². The largest absolute Gasteiger partial charge is 0.378 e. The maximum atomic E-state index is 5.69. The number of ether oxygens (including phenoxy) is 2. The predicted octanol–water partition coefficient (Wildman–Crippen LogP) is 1.96. The maximum Gasteiger partial charge on any atom is 0.0613 e. The SMILES string of the molecule is CCOC1CC(NCC2CCOC2CC)C1. The molecule has 3 nitrogen and oxygen atoms in total. The molecule has 2 atom stereocenters. The van der Waals surface area contributed by atoms with Gasteiger partial charge in [-0.15, -0.1) is 0 Å². The van der Waals surface area contributed by atoms with Gasteiger partial charge in [-0.1, -0.05) is 6.92 Å². The molecule has 94 valence electrons. The molecule has 1 aliphatic heterocycles. The Kier molecular flexibility index (Phi) is 4.62. The van der Waals surface area contributed by atoms with Gasteiger partial charge in [-0.3, -0.25) is 0 Å². The molecule has 0 aromatic carbocycles. The third-order valence-electron chi connectivity index (χ3n) is 3.91. The third-order valence-corrected chi connectivity index (χ3v) is 3.91. The first-order chi connectivity index (χ1) is 7.83. The van der Waals surface area contributed by atoms with E-state index in [0.717, 1.165) is 32.1 Å². The van der Waals surface area contributed by atoms with E-state index in [1.807, 2.05) is 0 Å². The second-order valence-corrected chi connectivity index (χ2v) is 5.02. The monoisotopic (exact) mass is 227 g/mol. The molecule has 1 saturated heterocycles. The van der Waals surface area contributed by atoms with Crippen LogP contribution in [0.25, 0.3) is 0 Å². The normalized spacial score (nSPS) is 38.6. The Morgan fingerprint density at radius 1 is 1.31 bits per heavy atom. The Bertz CT molecular complexity index is 204. The van der Waals surface area contributed by atoms with E-state index in [4.69, 9.17) is 9.47 Å². The Morgan fingerprint density at radius 3 is 2.81 bits per heavy atom. The van der Waals surface area contributed by atoms with Gasteiger partial charge >= 0.3 is 0 Å². The summed E-state index contributed by atoms with van der Waals surface area (Å²) >= 11 is 0. The first kappa shape index (κ1) is 12.3. The highest BCUT2D eigenvalue weighted by Gasteiger charge is 2.32. The zero-order chi connectivity index (χ0) is 11.4. The summed E-state index contributed by atoms with van der Waals surface area (Å²) in [7, 11) is 0. The van der Waals surface area contributed by atoms with Gasteiger partial charge in [0.15, 0.2) is 0 Å². The van der Waals surface area contributed by atoms with Crippen molar-refractivity contribution in [2.75, 3.05) is 19.8 Å². The zero-order valence-electron chi connectivity index (χ0n) is 10.6. The summed E-state index contributed by atoms with van der Waals surface area (Å²) in [6.45, 7) is 7.23. The number of nitrogens with one attached hydrogen (secondary N) is 1. The molecule has 16 heavy (non-hydrogen) atoms. The highest BCUT2D eigenvalue weighted by atomic mass is 16.5. The Labute approximate surface area is 98.9 Å². The molecular weight excluding hydrogens is 202 g/mol. The minimum atomic E-state index is 0.496. The van der Waals surface area contributed by atoms with Crippen LogP contribution in [-0.2, 0) is 9.47 Å². The van der Waals surface area contributed by atoms with Gasteiger partial charge in [-0.05, 0) is 38.5 Å². The molecule has 0 amide bonds. The molecule has 1 N–H and O–H groups in total. The van der Waals surface area contributed by atoms with Crippen molar-refractivity contribution >= 4 is 0 Å². The van der Waals surface area contributed by atoms with Crippen molar-refractivity contribution in [3.63, 3.8) is 0 Å². The minimum Gasteiger partial charge on any atom is -0.378 e. The smallest absolute Gasteiger partial charge is 0.0613 e. The van der Waals surface area contributed by atoms with Crippen molar-refractivity contribution in [3.8, 4) is 0 Å². The molecule has 2 fully saturated rings. The fraction of sp³-hybridized carbons (Fsp3) is 1.00. The summed E-state index contributed by atoms with van der Waals surface area (Å²) in [5, 5.41) is 3.65. The molecule has 0 radical (unpaired) electrons. The van der Waals surface area contributed by atoms with E-state index < -0.39 is 0 Å². The van der Waals surface area contributed by atoms with Crippen molar-refractivity contribution < 1.29 is 9.47 Å². The molecule has 0 aromatic heterocycles. The standard InChI is InChI=1S/C13H25NO2/c1-3-13-10(5-6-16-13)9-14-11-7-12(8-11)15-4-2/h10-14H,3-9H2,1-2H3. The summed E-state index contributed by atoms with van der Waals surface area (Å²) < 4.78 is 11.3. The topological polar surface area (TPSA) is 30.5 Å². The van der Waals surface area contributed by atoms with Crippen molar-refractivity contribution in [2.45, 2.75) is 57.8 Å². The van der Waals surface area contributed by atoms with Crippen molar-refractivity contribution in [2.24, 2.45) is 5.92 Å². The summed E-state index contributed by atoms with van der Waals surface area (Å²) in [5.74, 6) is 0.733. The molecule has 1 aliphatic carbocycles. The van der Waals surface area contributed by atoms with Crippen molar-refractivity contribution in [3.05, 3.63) is 0 Å². The lowest BCUT2D eigenvalue weighted by atomic mass is 9.88. The van der Waals surface area contributed by atoms with Crippen LogP contribution < -0.4 is 5.32 Å². The predicted molar refractivity (Wildman–Crippen MR) is 64.6 cm³/mol. The van der Waals surface area contributed by atoms with Gasteiger partial charge in [0.05, 0.1) is 12.2 Å². The first-order valence-corrected chi connectivity index (χ1v) is 6.80. The van der Waals surface area contributed by atoms with Gasteiger partial charge in [-0.2, -0.15) is 0 Å². The second-order valence-electron chi connectivity index (χ2n) is 5.02. The van der Waals surface area contributed by atoms with Gasteiger partial charge in [0.2, 0.25) is 0 Å². The highest BCUT2D eigenvalue weighted by molar-refractivity contribution is 4.88. The van der Waals surface area contributed by atoms with Crippen LogP contribution in [0.1, 0.15) is 39.5 Å². The summed E-state index contributed by atoms with van der Waals surface area (Å²) in [5.41, 5.74) is 0. The van der Waals surface area contributed by atoms with Crippen LogP contribution >= 0.6 is 0 Å². The molecule has 2 aliphatic rings. The second kappa shape index (κ2) is 5.99. The molecule has 1 heterocycles. The van der Waals surface area contributed by atoms with Gasteiger partial charge in [0, 0.05) is 25.8 Å². The van der Waals surface area contributed by atoms with Gasteiger partial charge < -0.3 is 14.8 Å². The van der Waals surface area contributed by atoms with E-state index in [-0.39, 0.29) is 0 Å². The molecule has 0 aromatic rings. The fourth-order valence-corrected chi connectivity index (χ4v) is 2.80. The number of hydrogen-bond acceptors (Lipinski definition) is 3. The minimum absolute atomic E-state index is 0.496. The van der Waals surface area contributed by atoms with Crippen molar-refractivity contribution in [1.29, 1.82) is 0 Å². The quantitative estimate of drug-likeness (QED) is 0.752. The molecular formula is C13H25NO2. The average Bonchev–Trinajstić information content (AvgIpc) is 2.68. The lowest BCUT2D eigenvalue weighted by Gasteiger charge is -2.36. The Morgan fingerprint density at radius 2 is 2.12 bits per heavy atom. The Balaban J connectivity index is 1.58. The molecule has 2 rings (SSSR count). The van der Waals surface area contributed by atoms with Crippen LogP contribution in [0, 0.1) is 5.92 Å². The van der Waals surface area contributed by atoms with Gasteiger partial charge in [0.25, 0.3) is 0 Å². The molecule has 0 bridgehead atoms. The molecule has 2 unspecified atom stereocenters. The van der Waals surface area contributed by atoms with Gasteiger partial charge in [0.1, 0.15) is 0 Å². The van der Waals surface area contributed by atoms with E-state index in [0.29, 0.717) is 18.2 Å². The summed E-state index contributed by atoms with van der Waals surface area (Å²) in [6, 6.07) is 0.689. The molecule has 1 saturated carbocycles. The molecule has 3 heteroatoms. The van der Waals surface area contributed by atoms with Crippen LogP contribution in [-0.4, -0.2) is 38.0 Å². The third kappa shape index (κ3) is 2.96. The Hall–Kier alpha value is -0.120. The maximum absolute atomic E-state index is 5.69. The highest BCUT2D eigenvalue weighted by Crippen LogP contribution is 2.26. The van der Waals surface area contributed by atoms with Crippen LogP contribution in [0.2, 0.25) is 0 Å². The number of hydrogen-bond donors (Lipinski definition) is 1. The summed E-state index contributed by atoms with van der Waals surface area (Å²) in [6.07, 6.45) is 5.78. The van der Waals surface area contributed by atoms with E-state index >= 15 is 0 Å². The van der Waals surface area contributed by atoms with E-state index in [9.17, 15) is 0 Å². The van der Waals surface area contributed by atoms with E-state index in [2.05, 4.69) is 19.2 Å². The summed E-state index contributed by atoms with van der Waals surface area (Å²) in [4.78, 5) is 0. The lowest BCUT2D eigenvalue weighted by Crippen LogP contribution is -2.47. The zero-order valence-corrected chi connectivity index (χ0v) is 10.6. The van der Waals surface area contributed by atoms with Crippen LogP contribution in [0.15, 0.2) is 0 Å². The van der Waals surface area contributed by atoms with Crippen molar-refractivity contribution in [1.82, 2.24) is 5.32 Å². The first-order valence-electron chi connectivity index (χ1n) is 6.80. The number of rotatable bonds is 6. The van der Waals surface area contributed by atoms with Crippen LogP contribution in [0.4, 0.5) is 0 Å². The van der Waals surface area contributed by atoms with Gasteiger partial charge in [-0.25, -0.2) is 0 Å². The average molecular weight is 227 g/mol. The fourth-order valence-electron chi connectivity index (χ4n) is 2.80. The molecule has 0 spiro atoms. The lowest BCUT2D eigenvalue weighted by molar-refractivity contribution is -0.0114. The van der Waals surface area contributed by atoms with Crippen LogP contribution in [0.3, 0.4) is 0 Å². The van der Waals surface area contributed by atoms with Crippen LogP contribution in [0.5, 0.6) is 0 Å². The van der Waals surface area contributed by atoms with E-state index in [1.165, 1.54) is 19.3 Å².